The van der Waals surface area contributed by atoms with E-state index in [1.807, 2.05) is 31.2 Å². The molecule has 1 aliphatic carbocycles. The van der Waals surface area contributed by atoms with Crippen LogP contribution in [0.1, 0.15) is 65.3 Å². The lowest BCUT2D eigenvalue weighted by Crippen LogP contribution is -2.45. The normalized spacial score (nSPS) is 14.6. The van der Waals surface area contributed by atoms with Crippen molar-refractivity contribution in [3.05, 3.63) is 93.5 Å². The Morgan fingerprint density at radius 1 is 0.902 bits per heavy atom. The average Bonchev–Trinajstić information content (AvgIpc) is 3.44. The number of rotatable bonds is 11. The van der Waals surface area contributed by atoms with Crippen LogP contribution < -0.4 is 20.7 Å². The van der Waals surface area contributed by atoms with E-state index in [1.54, 1.807) is 49.6 Å². The molecule has 1 atom stereocenters. The Balaban J connectivity index is 1.28. The van der Waals surface area contributed by atoms with Crippen LogP contribution in [0.5, 0.6) is 5.75 Å². The van der Waals surface area contributed by atoms with Gasteiger partial charge in [0.15, 0.2) is 0 Å². The summed E-state index contributed by atoms with van der Waals surface area (Å²) in [6.45, 7) is 2.42. The van der Waals surface area contributed by atoms with Crippen molar-refractivity contribution in [1.29, 1.82) is 0 Å². The highest BCUT2D eigenvalue weighted by Crippen LogP contribution is 2.41. The molecular formula is C32H35Cl2N3O4. The second-order valence-corrected chi connectivity index (χ2v) is 11.4. The number of amides is 3. The smallest absolute Gasteiger partial charge is 0.258 e. The molecule has 0 heterocycles. The van der Waals surface area contributed by atoms with Crippen molar-refractivity contribution < 1.29 is 19.1 Å². The summed E-state index contributed by atoms with van der Waals surface area (Å²) in [5.41, 5.74) is 1.96. The number of halogens is 2. The second-order valence-electron chi connectivity index (χ2n) is 10.5. The molecule has 0 radical (unpaired) electrons. The molecule has 216 valence electrons. The average molecular weight is 597 g/mol. The van der Waals surface area contributed by atoms with Gasteiger partial charge in [-0.15, -0.1) is 0 Å². The summed E-state index contributed by atoms with van der Waals surface area (Å²) in [4.78, 5) is 38.7. The Kier molecular flexibility index (Phi) is 10.3. The van der Waals surface area contributed by atoms with Crippen molar-refractivity contribution in [3.63, 3.8) is 0 Å². The van der Waals surface area contributed by atoms with Gasteiger partial charge in [0, 0.05) is 23.8 Å². The fourth-order valence-corrected chi connectivity index (χ4v) is 5.89. The van der Waals surface area contributed by atoms with E-state index in [-0.39, 0.29) is 39.4 Å². The van der Waals surface area contributed by atoms with E-state index in [0.29, 0.717) is 36.4 Å². The lowest BCUT2D eigenvalue weighted by molar-refractivity contribution is -0.131. The molecule has 1 fully saturated rings. The van der Waals surface area contributed by atoms with Crippen LogP contribution in [0.25, 0.3) is 0 Å². The summed E-state index contributed by atoms with van der Waals surface area (Å²) in [6.07, 6.45) is 4.86. The number of hydrogen-bond donors (Lipinski definition) is 3. The molecule has 0 bridgehead atoms. The minimum atomic E-state index is -0.477. The molecule has 9 heteroatoms. The monoisotopic (exact) mass is 595 g/mol. The van der Waals surface area contributed by atoms with Crippen LogP contribution in [0.15, 0.2) is 66.7 Å². The number of carbonyl (C=O) groups excluding carboxylic acids is 3. The SMILES string of the molecule is COc1ccc(C(=O)NCCC2(C(=O)NC(C)Cc3ccc(NC(=O)c4c(Cl)cccc4Cl)cc3)CCCC2)cc1. The Bertz CT molecular complexity index is 1350. The summed E-state index contributed by atoms with van der Waals surface area (Å²) >= 11 is 12.3. The summed E-state index contributed by atoms with van der Waals surface area (Å²) in [5.74, 6) is 0.195. The summed E-state index contributed by atoms with van der Waals surface area (Å²) in [5, 5.41) is 9.58. The summed E-state index contributed by atoms with van der Waals surface area (Å²) < 4.78 is 5.15. The number of carbonyl (C=O) groups is 3. The van der Waals surface area contributed by atoms with Crippen LogP contribution >= 0.6 is 23.2 Å². The van der Waals surface area contributed by atoms with Gasteiger partial charge in [0.2, 0.25) is 5.91 Å². The second kappa shape index (κ2) is 13.9. The maximum absolute atomic E-state index is 13.4. The number of hydrogen-bond acceptors (Lipinski definition) is 4. The first-order chi connectivity index (χ1) is 19.7. The highest BCUT2D eigenvalue weighted by molar-refractivity contribution is 6.40. The third-order valence-electron chi connectivity index (χ3n) is 7.60. The zero-order valence-corrected chi connectivity index (χ0v) is 24.8. The molecule has 4 rings (SSSR count). The van der Waals surface area contributed by atoms with Crippen LogP contribution in [0, 0.1) is 5.41 Å². The Labute approximate surface area is 251 Å². The van der Waals surface area contributed by atoms with Crippen molar-refractivity contribution in [2.75, 3.05) is 19.0 Å². The molecule has 0 aromatic heterocycles. The predicted octanol–water partition coefficient (Wildman–Crippen LogP) is 6.68. The van der Waals surface area contributed by atoms with Gasteiger partial charge in [-0.3, -0.25) is 14.4 Å². The Morgan fingerprint density at radius 2 is 1.54 bits per heavy atom. The summed E-state index contributed by atoms with van der Waals surface area (Å²) in [6, 6.07) is 19.3. The van der Waals surface area contributed by atoms with Gasteiger partial charge in [0.05, 0.1) is 28.1 Å². The molecular weight excluding hydrogens is 561 g/mol. The van der Waals surface area contributed by atoms with Crippen molar-refractivity contribution in [2.45, 2.75) is 51.5 Å². The van der Waals surface area contributed by atoms with Gasteiger partial charge in [-0.05, 0) is 86.7 Å². The van der Waals surface area contributed by atoms with E-state index in [0.717, 1.165) is 31.2 Å². The summed E-state index contributed by atoms with van der Waals surface area (Å²) in [7, 11) is 1.58. The van der Waals surface area contributed by atoms with E-state index >= 15 is 0 Å². The fraction of sp³-hybridized carbons (Fsp3) is 0.344. The molecule has 1 saturated carbocycles. The third kappa shape index (κ3) is 7.80. The molecule has 3 amide bonds. The lowest BCUT2D eigenvalue weighted by Gasteiger charge is -2.29. The van der Waals surface area contributed by atoms with Crippen molar-refractivity contribution in [2.24, 2.45) is 5.41 Å². The van der Waals surface area contributed by atoms with Gasteiger partial charge in [-0.2, -0.15) is 0 Å². The molecule has 1 aliphatic rings. The minimum absolute atomic E-state index is 0.0432. The van der Waals surface area contributed by atoms with E-state index < -0.39 is 5.41 Å². The highest BCUT2D eigenvalue weighted by atomic mass is 35.5. The minimum Gasteiger partial charge on any atom is -0.497 e. The largest absolute Gasteiger partial charge is 0.497 e. The van der Waals surface area contributed by atoms with Crippen molar-refractivity contribution >= 4 is 46.6 Å². The maximum atomic E-state index is 13.4. The number of methoxy groups -OCH3 is 1. The van der Waals surface area contributed by atoms with Crippen LogP contribution in [-0.4, -0.2) is 37.4 Å². The molecule has 3 aromatic carbocycles. The van der Waals surface area contributed by atoms with Gasteiger partial charge in [-0.25, -0.2) is 0 Å². The van der Waals surface area contributed by atoms with Gasteiger partial charge in [0.25, 0.3) is 11.8 Å². The molecule has 3 aromatic rings. The highest BCUT2D eigenvalue weighted by Gasteiger charge is 2.41. The lowest BCUT2D eigenvalue weighted by atomic mass is 9.81. The number of benzene rings is 3. The van der Waals surface area contributed by atoms with Gasteiger partial charge in [0.1, 0.15) is 5.75 Å². The quantitative estimate of drug-likeness (QED) is 0.230. The molecule has 3 N–H and O–H groups in total. The standard InChI is InChI=1S/C32H35Cl2N3O4/c1-21(20-22-8-12-24(13-9-22)37-30(39)28-26(33)6-5-7-27(28)34)36-31(40)32(16-3-4-17-32)18-19-35-29(38)23-10-14-25(41-2)15-11-23/h5-15,21H,3-4,16-20H2,1-2H3,(H,35,38)(H,36,40)(H,37,39). The van der Waals surface area contributed by atoms with E-state index in [2.05, 4.69) is 16.0 Å². The first kappa shape index (κ1) is 30.4. The van der Waals surface area contributed by atoms with Crippen molar-refractivity contribution in [1.82, 2.24) is 10.6 Å². The zero-order valence-electron chi connectivity index (χ0n) is 23.3. The van der Waals surface area contributed by atoms with E-state index in [4.69, 9.17) is 27.9 Å². The molecule has 0 spiro atoms. The van der Waals surface area contributed by atoms with Gasteiger partial charge in [-0.1, -0.05) is 54.2 Å². The van der Waals surface area contributed by atoms with Gasteiger partial charge >= 0.3 is 0 Å². The fourth-order valence-electron chi connectivity index (χ4n) is 5.32. The third-order valence-corrected chi connectivity index (χ3v) is 8.23. The first-order valence-electron chi connectivity index (χ1n) is 13.8. The molecule has 7 nitrogen and oxygen atoms in total. The molecule has 0 aliphatic heterocycles. The van der Waals surface area contributed by atoms with Crippen LogP contribution in [0.2, 0.25) is 10.0 Å². The number of anilines is 1. The van der Waals surface area contributed by atoms with Crippen molar-refractivity contribution in [3.8, 4) is 5.75 Å². The maximum Gasteiger partial charge on any atom is 0.258 e. The topological polar surface area (TPSA) is 96.5 Å². The van der Waals surface area contributed by atoms with E-state index in [9.17, 15) is 14.4 Å². The molecule has 41 heavy (non-hydrogen) atoms. The van der Waals surface area contributed by atoms with Crippen LogP contribution in [0.4, 0.5) is 5.69 Å². The van der Waals surface area contributed by atoms with E-state index in [1.165, 1.54) is 0 Å². The Hall–Kier alpha value is -3.55. The zero-order chi connectivity index (χ0) is 29.4. The van der Waals surface area contributed by atoms with Crippen LogP contribution in [0.3, 0.4) is 0 Å². The molecule has 0 saturated heterocycles. The predicted molar refractivity (Wildman–Crippen MR) is 163 cm³/mol. The van der Waals surface area contributed by atoms with Gasteiger partial charge < -0.3 is 20.7 Å². The Morgan fingerprint density at radius 3 is 2.15 bits per heavy atom. The molecule has 1 unspecified atom stereocenters. The van der Waals surface area contributed by atoms with Crippen LogP contribution in [-0.2, 0) is 11.2 Å². The first-order valence-corrected chi connectivity index (χ1v) is 14.5. The number of nitrogens with one attached hydrogen (secondary N) is 3. The number of ether oxygens (including phenoxy) is 1.